The summed E-state index contributed by atoms with van der Waals surface area (Å²) in [5, 5.41) is 0. The van der Waals surface area contributed by atoms with Crippen LogP contribution in [-0.4, -0.2) is 53.9 Å². The van der Waals surface area contributed by atoms with Crippen molar-refractivity contribution in [1.29, 1.82) is 0 Å². The van der Waals surface area contributed by atoms with E-state index in [9.17, 15) is 22.8 Å². The minimum absolute atomic E-state index is 0.0312. The topological polar surface area (TPSA) is 49.9 Å². The molecular weight excluding hydrogens is 445 g/mol. The van der Waals surface area contributed by atoms with Gasteiger partial charge in [0, 0.05) is 38.2 Å². The Bertz CT molecular complexity index is 993. The maximum Gasteiger partial charge on any atom is 0.416 e. The summed E-state index contributed by atoms with van der Waals surface area (Å²) in [6, 6.07) is 12.1. The zero-order chi connectivity index (χ0) is 24.1. The molecule has 1 saturated carbocycles. The highest BCUT2D eigenvalue weighted by molar-refractivity contribution is 5.94. The molecule has 0 radical (unpaired) electrons. The summed E-state index contributed by atoms with van der Waals surface area (Å²) in [6.07, 6.45) is 1.46. The fourth-order valence-corrected chi connectivity index (χ4v) is 4.53. The molecule has 1 heterocycles. The third-order valence-corrected chi connectivity index (χ3v) is 6.51. The Balaban J connectivity index is 1.24. The van der Waals surface area contributed by atoms with Crippen molar-refractivity contribution in [2.75, 3.05) is 26.2 Å². The van der Waals surface area contributed by atoms with Crippen LogP contribution >= 0.6 is 0 Å². The van der Waals surface area contributed by atoms with Crippen molar-refractivity contribution in [3.8, 4) is 5.75 Å². The quantitative estimate of drug-likeness (QED) is 0.596. The van der Waals surface area contributed by atoms with Gasteiger partial charge in [0.25, 0.3) is 5.91 Å². The van der Waals surface area contributed by atoms with Crippen LogP contribution in [0.2, 0.25) is 0 Å². The van der Waals surface area contributed by atoms with Gasteiger partial charge in [-0.25, -0.2) is 0 Å². The predicted molar refractivity (Wildman–Crippen MR) is 122 cm³/mol. The van der Waals surface area contributed by atoms with E-state index in [2.05, 4.69) is 0 Å². The van der Waals surface area contributed by atoms with Gasteiger partial charge in [-0.1, -0.05) is 12.1 Å². The number of ether oxygens (including phenoxy) is 1. The molecule has 4 rings (SSSR count). The van der Waals surface area contributed by atoms with Crippen LogP contribution in [0, 0.1) is 0 Å². The van der Waals surface area contributed by atoms with Gasteiger partial charge in [-0.2, -0.15) is 13.2 Å². The van der Waals surface area contributed by atoms with Crippen LogP contribution < -0.4 is 4.74 Å². The number of amides is 2. The zero-order valence-corrected chi connectivity index (χ0v) is 19.0. The summed E-state index contributed by atoms with van der Waals surface area (Å²) in [5.74, 6) is 0.566. The van der Waals surface area contributed by atoms with Crippen molar-refractivity contribution in [1.82, 2.24) is 9.80 Å². The van der Waals surface area contributed by atoms with Crippen LogP contribution in [0.1, 0.15) is 53.6 Å². The van der Waals surface area contributed by atoms with Crippen molar-refractivity contribution in [3.05, 3.63) is 65.2 Å². The Morgan fingerprint density at radius 3 is 2.21 bits per heavy atom. The molecule has 2 fully saturated rings. The predicted octanol–water partition coefficient (Wildman–Crippen LogP) is 4.94. The van der Waals surface area contributed by atoms with Crippen LogP contribution in [0.15, 0.2) is 48.5 Å². The lowest BCUT2D eigenvalue weighted by Gasteiger charge is -2.35. The minimum Gasteiger partial charge on any atom is -0.490 e. The van der Waals surface area contributed by atoms with Gasteiger partial charge in [0.2, 0.25) is 5.91 Å². The first-order chi connectivity index (χ1) is 16.3. The number of halogens is 3. The van der Waals surface area contributed by atoms with Gasteiger partial charge in [-0.15, -0.1) is 0 Å². The molecule has 1 saturated heterocycles. The molecule has 0 aromatic heterocycles. The summed E-state index contributed by atoms with van der Waals surface area (Å²) in [7, 11) is 0. The second kappa shape index (κ2) is 10.5. The van der Waals surface area contributed by atoms with Gasteiger partial charge in [0.05, 0.1) is 11.7 Å². The van der Waals surface area contributed by atoms with Crippen molar-refractivity contribution in [3.63, 3.8) is 0 Å². The SMILES string of the molecule is O=C(CCc1cccc(OC2CCCC2)c1)N1CCN(C(=O)c2ccc(C(F)(F)F)cc2)CC1. The average Bonchev–Trinajstić information content (AvgIpc) is 3.35. The number of rotatable bonds is 6. The smallest absolute Gasteiger partial charge is 0.416 e. The highest BCUT2D eigenvalue weighted by atomic mass is 19.4. The summed E-state index contributed by atoms with van der Waals surface area (Å²) in [6.45, 7) is 1.54. The van der Waals surface area contributed by atoms with E-state index in [-0.39, 0.29) is 17.4 Å². The van der Waals surface area contributed by atoms with Gasteiger partial charge in [-0.05, 0) is 74.1 Å². The summed E-state index contributed by atoms with van der Waals surface area (Å²) >= 11 is 0. The van der Waals surface area contributed by atoms with Crippen molar-refractivity contribution in [2.24, 2.45) is 0 Å². The Morgan fingerprint density at radius 1 is 0.912 bits per heavy atom. The van der Waals surface area contributed by atoms with E-state index in [1.807, 2.05) is 24.3 Å². The highest BCUT2D eigenvalue weighted by Gasteiger charge is 2.31. The summed E-state index contributed by atoms with van der Waals surface area (Å²) in [4.78, 5) is 28.7. The lowest BCUT2D eigenvalue weighted by atomic mass is 10.1. The van der Waals surface area contributed by atoms with Crippen LogP contribution in [0.5, 0.6) is 5.75 Å². The third-order valence-electron chi connectivity index (χ3n) is 6.51. The number of piperazine rings is 1. The lowest BCUT2D eigenvalue weighted by molar-refractivity contribution is -0.137. The largest absolute Gasteiger partial charge is 0.490 e. The molecule has 0 unspecified atom stereocenters. The van der Waals surface area contributed by atoms with Crippen molar-refractivity contribution >= 4 is 11.8 Å². The molecule has 1 aliphatic carbocycles. The van der Waals surface area contributed by atoms with E-state index < -0.39 is 11.7 Å². The summed E-state index contributed by atoms with van der Waals surface area (Å²) in [5.41, 5.74) is 0.488. The number of benzene rings is 2. The molecule has 8 heteroatoms. The van der Waals surface area contributed by atoms with E-state index in [0.717, 1.165) is 36.3 Å². The molecule has 0 bridgehead atoms. The number of hydrogen-bond acceptors (Lipinski definition) is 3. The molecular formula is C26H29F3N2O3. The van der Waals surface area contributed by atoms with Gasteiger partial charge in [-0.3, -0.25) is 9.59 Å². The zero-order valence-electron chi connectivity index (χ0n) is 19.0. The molecule has 34 heavy (non-hydrogen) atoms. The fraction of sp³-hybridized carbons (Fsp3) is 0.462. The number of hydrogen-bond donors (Lipinski definition) is 0. The van der Waals surface area contributed by atoms with Gasteiger partial charge >= 0.3 is 6.18 Å². The fourth-order valence-electron chi connectivity index (χ4n) is 4.53. The molecule has 182 valence electrons. The Labute approximate surface area is 197 Å². The molecule has 0 spiro atoms. The lowest BCUT2D eigenvalue weighted by Crippen LogP contribution is -2.50. The molecule has 2 aromatic rings. The van der Waals surface area contributed by atoms with E-state index in [0.29, 0.717) is 45.1 Å². The third kappa shape index (κ3) is 6.10. The van der Waals surface area contributed by atoms with Crippen molar-refractivity contribution in [2.45, 2.75) is 50.8 Å². The average molecular weight is 475 g/mol. The maximum absolute atomic E-state index is 12.7. The molecule has 2 amide bonds. The van der Waals surface area contributed by atoms with Gasteiger partial charge < -0.3 is 14.5 Å². The van der Waals surface area contributed by atoms with E-state index in [4.69, 9.17) is 4.74 Å². The Morgan fingerprint density at radius 2 is 1.56 bits per heavy atom. The number of alkyl halides is 3. The van der Waals surface area contributed by atoms with Gasteiger partial charge in [0.15, 0.2) is 0 Å². The first kappa shape index (κ1) is 24.1. The summed E-state index contributed by atoms with van der Waals surface area (Å²) < 4.78 is 44.2. The minimum atomic E-state index is -4.43. The second-order valence-corrected chi connectivity index (χ2v) is 8.92. The maximum atomic E-state index is 12.7. The molecule has 5 nitrogen and oxygen atoms in total. The van der Waals surface area contributed by atoms with E-state index >= 15 is 0 Å². The molecule has 0 N–H and O–H groups in total. The number of carbonyl (C=O) groups is 2. The van der Waals surface area contributed by atoms with Gasteiger partial charge in [0.1, 0.15) is 5.75 Å². The molecule has 1 aliphatic heterocycles. The molecule has 0 atom stereocenters. The number of aryl methyl sites for hydroxylation is 1. The van der Waals surface area contributed by atoms with E-state index in [1.54, 1.807) is 9.80 Å². The molecule has 2 aliphatic rings. The highest BCUT2D eigenvalue weighted by Crippen LogP contribution is 2.29. The Hall–Kier alpha value is -3.03. The monoisotopic (exact) mass is 474 g/mol. The van der Waals surface area contributed by atoms with Crippen LogP contribution in [0.25, 0.3) is 0 Å². The first-order valence-corrected chi connectivity index (χ1v) is 11.8. The Kier molecular flexibility index (Phi) is 7.44. The number of carbonyl (C=O) groups excluding carboxylic acids is 2. The normalized spacial score (nSPS) is 17.1. The van der Waals surface area contributed by atoms with Crippen LogP contribution in [0.4, 0.5) is 13.2 Å². The standard InChI is InChI=1S/C26H29F3N2O3/c27-26(28,29)21-11-9-20(10-12-21)25(33)31-16-14-30(15-17-31)24(32)13-8-19-4-3-7-23(18-19)34-22-5-1-2-6-22/h3-4,7,9-12,18,22H,1-2,5-6,8,13-17H2. The van der Waals surface area contributed by atoms with Crippen LogP contribution in [-0.2, 0) is 17.4 Å². The van der Waals surface area contributed by atoms with Crippen molar-refractivity contribution < 1.29 is 27.5 Å². The number of nitrogens with zero attached hydrogens (tertiary/aromatic N) is 2. The first-order valence-electron chi connectivity index (χ1n) is 11.8. The van der Waals surface area contributed by atoms with Crippen LogP contribution in [0.3, 0.4) is 0 Å². The molecule has 2 aromatic carbocycles. The van der Waals surface area contributed by atoms with E-state index in [1.165, 1.54) is 25.0 Å². The second-order valence-electron chi connectivity index (χ2n) is 8.92.